The Hall–Kier alpha value is -1.03. The van der Waals surface area contributed by atoms with E-state index in [-0.39, 0.29) is 6.09 Å². The fraction of sp³-hybridized carbons (Fsp3) is 0.842. The van der Waals surface area contributed by atoms with Crippen LogP contribution in [0.2, 0.25) is 0 Å². The highest BCUT2D eigenvalue weighted by molar-refractivity contribution is 5.69. The maximum atomic E-state index is 12.3. The zero-order valence-corrected chi connectivity index (χ0v) is 14.9. The van der Waals surface area contributed by atoms with Crippen LogP contribution in [0.4, 0.5) is 4.79 Å². The summed E-state index contributed by atoms with van der Waals surface area (Å²) in [6, 6.07) is 0.417. The fourth-order valence-corrected chi connectivity index (χ4v) is 3.92. The Morgan fingerprint density at radius 3 is 2.61 bits per heavy atom. The van der Waals surface area contributed by atoms with Gasteiger partial charge in [0.1, 0.15) is 5.60 Å². The molecule has 1 amide bonds. The van der Waals surface area contributed by atoms with Gasteiger partial charge in [-0.1, -0.05) is 12.2 Å². The first-order valence-corrected chi connectivity index (χ1v) is 9.31. The predicted molar refractivity (Wildman–Crippen MR) is 92.3 cm³/mol. The van der Waals surface area contributed by atoms with Gasteiger partial charge in [0.05, 0.1) is 0 Å². The molecule has 0 spiro atoms. The molecule has 2 bridgehead atoms. The van der Waals surface area contributed by atoms with Crippen molar-refractivity contribution in [2.45, 2.75) is 64.5 Å². The van der Waals surface area contributed by atoms with E-state index in [0.29, 0.717) is 6.04 Å². The van der Waals surface area contributed by atoms with E-state index in [0.717, 1.165) is 56.7 Å². The maximum Gasteiger partial charge on any atom is 0.410 e. The van der Waals surface area contributed by atoms with Crippen LogP contribution in [0.5, 0.6) is 0 Å². The van der Waals surface area contributed by atoms with Crippen LogP contribution < -0.4 is 5.32 Å². The third-order valence-corrected chi connectivity index (χ3v) is 5.19. The molecule has 3 aliphatic carbocycles. The number of amides is 1. The molecule has 3 aliphatic rings. The quantitative estimate of drug-likeness (QED) is 0.576. The Labute approximate surface area is 140 Å². The van der Waals surface area contributed by atoms with Crippen molar-refractivity contribution in [2.24, 2.45) is 17.8 Å². The minimum Gasteiger partial charge on any atom is -0.444 e. The fourth-order valence-electron chi connectivity index (χ4n) is 3.92. The topological polar surface area (TPSA) is 41.6 Å². The Kier molecular flexibility index (Phi) is 5.00. The molecule has 0 aromatic carbocycles. The monoisotopic (exact) mass is 320 g/mol. The highest BCUT2D eigenvalue weighted by Gasteiger charge is 2.36. The molecule has 0 aromatic rings. The van der Waals surface area contributed by atoms with Crippen molar-refractivity contribution >= 4 is 6.09 Å². The van der Waals surface area contributed by atoms with E-state index in [9.17, 15) is 4.79 Å². The highest BCUT2D eigenvalue weighted by atomic mass is 16.6. The number of carbonyl (C=O) groups is 1. The third-order valence-electron chi connectivity index (χ3n) is 5.19. The van der Waals surface area contributed by atoms with Gasteiger partial charge >= 0.3 is 6.09 Å². The van der Waals surface area contributed by atoms with Gasteiger partial charge in [0.15, 0.2) is 0 Å². The first kappa shape index (κ1) is 16.8. The number of fused-ring (bicyclic) bond motifs is 2. The minimum absolute atomic E-state index is 0.141. The van der Waals surface area contributed by atoms with Crippen molar-refractivity contribution in [3.63, 3.8) is 0 Å². The second-order valence-corrected chi connectivity index (χ2v) is 8.50. The molecule has 130 valence electrons. The number of hydrogen-bond acceptors (Lipinski definition) is 3. The van der Waals surface area contributed by atoms with Gasteiger partial charge in [-0.15, -0.1) is 0 Å². The highest BCUT2D eigenvalue weighted by Crippen LogP contribution is 2.42. The van der Waals surface area contributed by atoms with Gasteiger partial charge in [0.2, 0.25) is 0 Å². The van der Waals surface area contributed by atoms with Crippen LogP contribution in [0.3, 0.4) is 0 Å². The average molecular weight is 320 g/mol. The van der Waals surface area contributed by atoms with E-state index in [1.165, 1.54) is 12.8 Å². The number of nitrogens with one attached hydrogen (secondary N) is 1. The lowest BCUT2D eigenvalue weighted by Gasteiger charge is -2.27. The summed E-state index contributed by atoms with van der Waals surface area (Å²) in [5.74, 6) is 2.50. The summed E-state index contributed by atoms with van der Waals surface area (Å²) < 4.78 is 5.53. The van der Waals surface area contributed by atoms with Crippen molar-refractivity contribution in [3.8, 4) is 0 Å². The molecule has 3 unspecified atom stereocenters. The number of nitrogens with zero attached hydrogens (tertiary/aromatic N) is 1. The number of rotatable bonds is 7. The van der Waals surface area contributed by atoms with Gasteiger partial charge in [-0.3, -0.25) is 0 Å². The lowest BCUT2D eigenvalue weighted by molar-refractivity contribution is 0.0232. The summed E-state index contributed by atoms with van der Waals surface area (Å²) in [6.45, 7) is 8.72. The van der Waals surface area contributed by atoms with Gasteiger partial charge in [-0.25, -0.2) is 4.79 Å². The van der Waals surface area contributed by atoms with E-state index in [4.69, 9.17) is 4.74 Å². The van der Waals surface area contributed by atoms with E-state index in [2.05, 4.69) is 17.5 Å². The summed E-state index contributed by atoms with van der Waals surface area (Å²) >= 11 is 0. The molecule has 0 aromatic heterocycles. The lowest BCUT2D eigenvalue weighted by atomic mass is 9.94. The second-order valence-electron chi connectivity index (χ2n) is 8.50. The zero-order valence-electron chi connectivity index (χ0n) is 14.9. The third kappa shape index (κ3) is 4.72. The SMILES string of the molecule is CC(C)(C)OC(=O)N(CCCNCC1CC2C=CC1C2)C1CC1. The Bertz CT molecular complexity index is 451. The minimum atomic E-state index is -0.405. The molecular formula is C19H32N2O2. The Morgan fingerprint density at radius 2 is 2.04 bits per heavy atom. The molecule has 2 fully saturated rings. The van der Waals surface area contributed by atoms with Crippen LogP contribution in [0.15, 0.2) is 12.2 Å². The normalized spacial score (nSPS) is 29.1. The number of allylic oxidation sites excluding steroid dienone is 2. The van der Waals surface area contributed by atoms with Gasteiger partial charge in [-0.05, 0) is 83.7 Å². The van der Waals surface area contributed by atoms with Crippen molar-refractivity contribution in [1.82, 2.24) is 10.2 Å². The van der Waals surface area contributed by atoms with E-state index in [1.807, 2.05) is 25.7 Å². The standard InChI is InChI=1S/C19H32N2O2/c1-19(2,3)23-18(22)21(17-7-8-17)10-4-9-20-13-16-12-14-5-6-15(16)11-14/h5-6,14-17,20H,4,7-13H2,1-3H3. The molecule has 4 nitrogen and oxygen atoms in total. The largest absolute Gasteiger partial charge is 0.444 e. The molecule has 4 heteroatoms. The molecule has 0 heterocycles. The van der Waals surface area contributed by atoms with Crippen LogP contribution in [-0.4, -0.2) is 42.3 Å². The van der Waals surface area contributed by atoms with Crippen LogP contribution >= 0.6 is 0 Å². The molecular weight excluding hydrogens is 288 g/mol. The molecule has 3 atom stereocenters. The summed E-state index contributed by atoms with van der Waals surface area (Å²) in [5, 5.41) is 3.60. The number of carbonyl (C=O) groups excluding carboxylic acids is 1. The second kappa shape index (κ2) is 6.84. The van der Waals surface area contributed by atoms with E-state index >= 15 is 0 Å². The van der Waals surface area contributed by atoms with Crippen molar-refractivity contribution < 1.29 is 9.53 Å². The predicted octanol–water partition coefficient (Wildman–Crippen LogP) is 3.58. The van der Waals surface area contributed by atoms with Gasteiger partial charge in [0.25, 0.3) is 0 Å². The number of hydrogen-bond donors (Lipinski definition) is 1. The lowest BCUT2D eigenvalue weighted by Crippen LogP contribution is -2.39. The number of ether oxygens (including phenoxy) is 1. The summed E-state index contributed by atoms with van der Waals surface area (Å²) in [5.41, 5.74) is -0.405. The molecule has 23 heavy (non-hydrogen) atoms. The zero-order chi connectivity index (χ0) is 16.4. The summed E-state index contributed by atoms with van der Waals surface area (Å²) in [6.07, 6.45) is 10.7. The van der Waals surface area contributed by atoms with E-state index < -0.39 is 5.60 Å². The molecule has 0 aliphatic heterocycles. The molecule has 2 saturated carbocycles. The van der Waals surface area contributed by atoms with Crippen LogP contribution in [-0.2, 0) is 4.74 Å². The van der Waals surface area contributed by atoms with Crippen LogP contribution in [0.1, 0.15) is 52.9 Å². The Morgan fingerprint density at radius 1 is 1.26 bits per heavy atom. The van der Waals surface area contributed by atoms with E-state index in [1.54, 1.807) is 0 Å². The maximum absolute atomic E-state index is 12.3. The Balaban J connectivity index is 1.33. The van der Waals surface area contributed by atoms with Crippen molar-refractivity contribution in [2.75, 3.05) is 19.6 Å². The smallest absolute Gasteiger partial charge is 0.410 e. The van der Waals surface area contributed by atoms with Gasteiger partial charge < -0.3 is 15.0 Å². The molecule has 1 N–H and O–H groups in total. The molecule has 0 saturated heterocycles. The van der Waals surface area contributed by atoms with Crippen LogP contribution in [0.25, 0.3) is 0 Å². The first-order chi connectivity index (χ1) is 10.9. The summed E-state index contributed by atoms with van der Waals surface area (Å²) in [7, 11) is 0. The van der Waals surface area contributed by atoms with Gasteiger partial charge in [-0.2, -0.15) is 0 Å². The average Bonchev–Trinajstić information content (AvgIpc) is 3.07. The first-order valence-electron chi connectivity index (χ1n) is 9.31. The molecule has 3 rings (SSSR count). The molecule has 0 radical (unpaired) electrons. The van der Waals surface area contributed by atoms with Crippen molar-refractivity contribution in [1.29, 1.82) is 0 Å². The summed E-state index contributed by atoms with van der Waals surface area (Å²) in [4.78, 5) is 14.2. The van der Waals surface area contributed by atoms with Gasteiger partial charge in [0, 0.05) is 12.6 Å². The van der Waals surface area contributed by atoms with Crippen LogP contribution in [0, 0.1) is 17.8 Å². The van der Waals surface area contributed by atoms with Crippen molar-refractivity contribution in [3.05, 3.63) is 12.2 Å².